The molecule has 3 rings (SSSR count). The van der Waals surface area contributed by atoms with Gasteiger partial charge in [0.15, 0.2) is 0 Å². The predicted molar refractivity (Wildman–Crippen MR) is 89.7 cm³/mol. The smallest absolute Gasteiger partial charge is 0.256 e. The molecule has 0 aliphatic carbocycles. The van der Waals surface area contributed by atoms with Crippen LogP contribution in [0.25, 0.3) is 0 Å². The lowest BCUT2D eigenvalue weighted by molar-refractivity contribution is -0.128. The number of nitrogens with one attached hydrogen (secondary N) is 2. The summed E-state index contributed by atoms with van der Waals surface area (Å²) in [6.45, 7) is 6.04. The molecule has 1 aromatic heterocycles. The van der Waals surface area contributed by atoms with Gasteiger partial charge in [0.1, 0.15) is 11.1 Å². The number of amides is 1. The Labute approximate surface area is 139 Å². The zero-order valence-corrected chi connectivity index (χ0v) is 14.0. The molecular weight excluding hydrogens is 312 g/mol. The Bertz CT molecular complexity index is 666. The average Bonchev–Trinajstić information content (AvgIpc) is 3.06. The Balaban J connectivity index is 1.71. The van der Waals surface area contributed by atoms with Crippen molar-refractivity contribution in [2.24, 2.45) is 0 Å². The number of hydrogen-bond acceptors (Lipinski definition) is 6. The summed E-state index contributed by atoms with van der Waals surface area (Å²) in [6.07, 6.45) is -0.474. The number of ether oxygens (including phenoxy) is 1. The molecule has 0 bridgehead atoms. The minimum atomic E-state index is -0.474. The SMILES string of the molecule is CC(C)(c1ccccc1)c1nnc(NC(=O)C2CNCCO2)s1. The number of benzene rings is 1. The number of hydrogen-bond donors (Lipinski definition) is 2. The van der Waals surface area contributed by atoms with Crippen molar-refractivity contribution in [3.8, 4) is 0 Å². The third kappa shape index (κ3) is 3.57. The molecule has 7 heteroatoms. The maximum atomic E-state index is 12.2. The van der Waals surface area contributed by atoms with Crippen LogP contribution in [0.4, 0.5) is 5.13 Å². The van der Waals surface area contributed by atoms with E-state index < -0.39 is 6.10 Å². The number of rotatable bonds is 4. The minimum absolute atomic E-state index is 0.183. The van der Waals surface area contributed by atoms with E-state index in [0.717, 1.165) is 17.1 Å². The summed E-state index contributed by atoms with van der Waals surface area (Å²) >= 11 is 1.40. The van der Waals surface area contributed by atoms with Crippen molar-refractivity contribution in [2.45, 2.75) is 25.4 Å². The van der Waals surface area contributed by atoms with Gasteiger partial charge in [-0.2, -0.15) is 0 Å². The molecule has 1 atom stereocenters. The zero-order valence-electron chi connectivity index (χ0n) is 13.2. The number of aromatic nitrogens is 2. The molecule has 2 N–H and O–H groups in total. The highest BCUT2D eigenvalue weighted by Gasteiger charge is 2.28. The van der Waals surface area contributed by atoms with Gasteiger partial charge in [-0.05, 0) is 19.4 Å². The van der Waals surface area contributed by atoms with Crippen LogP contribution in [0.1, 0.15) is 24.4 Å². The van der Waals surface area contributed by atoms with Crippen LogP contribution in [0.2, 0.25) is 0 Å². The minimum Gasteiger partial charge on any atom is -0.366 e. The van der Waals surface area contributed by atoms with Gasteiger partial charge in [0.25, 0.3) is 5.91 Å². The fourth-order valence-electron chi connectivity index (χ4n) is 2.42. The molecule has 1 amide bonds. The van der Waals surface area contributed by atoms with E-state index in [1.165, 1.54) is 11.3 Å². The number of nitrogens with zero attached hydrogens (tertiary/aromatic N) is 2. The number of anilines is 1. The van der Waals surface area contributed by atoms with Crippen LogP contribution in [0.15, 0.2) is 30.3 Å². The van der Waals surface area contributed by atoms with Crippen molar-refractivity contribution < 1.29 is 9.53 Å². The summed E-state index contributed by atoms with van der Waals surface area (Å²) in [5, 5.41) is 15.7. The van der Waals surface area contributed by atoms with Crippen molar-refractivity contribution in [1.82, 2.24) is 15.5 Å². The van der Waals surface area contributed by atoms with Crippen molar-refractivity contribution in [1.29, 1.82) is 0 Å². The molecule has 2 heterocycles. The second kappa shape index (κ2) is 6.74. The largest absolute Gasteiger partial charge is 0.366 e. The Morgan fingerprint density at radius 3 is 2.83 bits per heavy atom. The number of carbonyl (C=O) groups is 1. The van der Waals surface area contributed by atoms with Gasteiger partial charge in [0, 0.05) is 18.5 Å². The molecule has 2 aromatic rings. The fourth-order valence-corrected chi connectivity index (χ4v) is 3.30. The highest BCUT2D eigenvalue weighted by atomic mass is 32.1. The van der Waals surface area contributed by atoms with Gasteiger partial charge in [-0.15, -0.1) is 10.2 Å². The number of morpholine rings is 1. The van der Waals surface area contributed by atoms with Gasteiger partial charge in [-0.25, -0.2) is 0 Å². The van der Waals surface area contributed by atoms with Crippen molar-refractivity contribution in [3.05, 3.63) is 40.9 Å². The molecular formula is C16H20N4O2S. The lowest BCUT2D eigenvalue weighted by Crippen LogP contribution is -2.45. The summed E-state index contributed by atoms with van der Waals surface area (Å²) < 4.78 is 5.44. The molecule has 1 aliphatic rings. The van der Waals surface area contributed by atoms with E-state index in [4.69, 9.17) is 4.74 Å². The topological polar surface area (TPSA) is 76.1 Å². The van der Waals surface area contributed by atoms with E-state index in [9.17, 15) is 4.79 Å². The monoisotopic (exact) mass is 332 g/mol. The van der Waals surface area contributed by atoms with E-state index in [2.05, 4.69) is 46.8 Å². The van der Waals surface area contributed by atoms with Gasteiger partial charge >= 0.3 is 0 Å². The summed E-state index contributed by atoms with van der Waals surface area (Å²) in [6, 6.07) is 10.1. The van der Waals surface area contributed by atoms with Crippen LogP contribution in [-0.4, -0.2) is 41.9 Å². The van der Waals surface area contributed by atoms with E-state index in [1.807, 2.05) is 18.2 Å². The van der Waals surface area contributed by atoms with E-state index >= 15 is 0 Å². The molecule has 1 saturated heterocycles. The summed E-state index contributed by atoms with van der Waals surface area (Å²) in [7, 11) is 0. The summed E-state index contributed by atoms with van der Waals surface area (Å²) in [5.74, 6) is -0.183. The quantitative estimate of drug-likeness (QED) is 0.893. The first-order chi connectivity index (χ1) is 11.1. The van der Waals surface area contributed by atoms with Gasteiger partial charge in [0.2, 0.25) is 5.13 Å². The molecule has 122 valence electrons. The van der Waals surface area contributed by atoms with Crippen molar-refractivity contribution in [2.75, 3.05) is 25.0 Å². The predicted octanol–water partition coefficient (Wildman–Crippen LogP) is 1.79. The molecule has 0 saturated carbocycles. The Kier molecular flexibility index (Phi) is 4.70. The van der Waals surface area contributed by atoms with Crippen LogP contribution in [0.3, 0.4) is 0 Å². The second-order valence-electron chi connectivity index (χ2n) is 5.96. The molecule has 23 heavy (non-hydrogen) atoms. The van der Waals surface area contributed by atoms with Crippen LogP contribution in [0, 0.1) is 0 Å². The fraction of sp³-hybridized carbons (Fsp3) is 0.438. The number of carbonyl (C=O) groups excluding carboxylic acids is 1. The van der Waals surface area contributed by atoms with Crippen LogP contribution >= 0.6 is 11.3 Å². The highest BCUT2D eigenvalue weighted by Crippen LogP contribution is 2.34. The van der Waals surface area contributed by atoms with Crippen LogP contribution < -0.4 is 10.6 Å². The highest BCUT2D eigenvalue weighted by molar-refractivity contribution is 7.15. The zero-order chi connectivity index (χ0) is 16.3. The van der Waals surface area contributed by atoms with Crippen LogP contribution in [-0.2, 0) is 14.9 Å². The molecule has 0 radical (unpaired) electrons. The first kappa shape index (κ1) is 16.0. The van der Waals surface area contributed by atoms with Crippen molar-refractivity contribution in [3.63, 3.8) is 0 Å². The normalized spacial score (nSPS) is 18.6. The van der Waals surface area contributed by atoms with Gasteiger partial charge in [-0.3, -0.25) is 10.1 Å². The second-order valence-corrected chi connectivity index (χ2v) is 6.93. The van der Waals surface area contributed by atoms with E-state index in [1.54, 1.807) is 0 Å². The van der Waals surface area contributed by atoms with Crippen molar-refractivity contribution >= 4 is 22.4 Å². The van der Waals surface area contributed by atoms with Gasteiger partial charge in [-0.1, -0.05) is 41.7 Å². The molecule has 1 aliphatic heterocycles. The molecule has 6 nitrogen and oxygen atoms in total. The first-order valence-corrected chi connectivity index (χ1v) is 8.42. The Morgan fingerprint density at radius 1 is 1.35 bits per heavy atom. The molecule has 1 aromatic carbocycles. The lowest BCUT2D eigenvalue weighted by Gasteiger charge is -2.22. The van der Waals surface area contributed by atoms with E-state index in [-0.39, 0.29) is 11.3 Å². The average molecular weight is 332 g/mol. The Hall–Kier alpha value is -1.83. The maximum absolute atomic E-state index is 12.2. The van der Waals surface area contributed by atoms with E-state index in [0.29, 0.717) is 18.3 Å². The lowest BCUT2D eigenvalue weighted by atomic mass is 9.85. The molecule has 1 fully saturated rings. The molecule has 1 unspecified atom stereocenters. The summed E-state index contributed by atoms with van der Waals surface area (Å²) in [4.78, 5) is 12.2. The maximum Gasteiger partial charge on any atom is 0.256 e. The third-order valence-corrected chi connectivity index (χ3v) is 5.07. The third-order valence-electron chi connectivity index (χ3n) is 3.91. The first-order valence-electron chi connectivity index (χ1n) is 7.60. The standard InChI is InChI=1S/C16H20N4O2S/c1-16(2,11-6-4-3-5-7-11)14-19-20-15(23-14)18-13(21)12-10-17-8-9-22-12/h3-7,12,17H,8-10H2,1-2H3,(H,18,20,21). The molecule has 0 spiro atoms. The van der Waals surface area contributed by atoms with Gasteiger partial charge < -0.3 is 10.1 Å². The van der Waals surface area contributed by atoms with Crippen LogP contribution in [0.5, 0.6) is 0 Å². The van der Waals surface area contributed by atoms with Gasteiger partial charge in [0.05, 0.1) is 6.61 Å². The Morgan fingerprint density at radius 2 is 2.13 bits per heavy atom. The summed E-state index contributed by atoms with van der Waals surface area (Å²) in [5.41, 5.74) is 0.902.